The lowest BCUT2D eigenvalue weighted by Gasteiger charge is -2.36. The van der Waals surface area contributed by atoms with E-state index in [0.717, 1.165) is 43.9 Å². The van der Waals surface area contributed by atoms with Crippen LogP contribution in [-0.2, 0) is 21.7 Å². The fourth-order valence-corrected chi connectivity index (χ4v) is 3.57. The molecule has 11 nitrogen and oxygen atoms in total. The molecule has 1 atom stereocenters. The van der Waals surface area contributed by atoms with Gasteiger partial charge in [0.15, 0.2) is 0 Å². The summed E-state index contributed by atoms with van der Waals surface area (Å²) in [4.78, 5) is 20.3. The van der Waals surface area contributed by atoms with Crippen LogP contribution in [0.2, 0.25) is 0 Å². The molecule has 0 saturated carbocycles. The highest BCUT2D eigenvalue weighted by Gasteiger charge is 2.39. The molecule has 0 spiro atoms. The van der Waals surface area contributed by atoms with Gasteiger partial charge in [-0.3, -0.25) is 9.58 Å². The Morgan fingerprint density at radius 3 is 1.85 bits per heavy atom. The molecule has 0 amide bonds. The van der Waals surface area contributed by atoms with Crippen LogP contribution in [0.5, 0.6) is 0 Å². The Kier molecular flexibility index (Phi) is 11.5. The van der Waals surface area contributed by atoms with Gasteiger partial charge < -0.3 is 15.9 Å². The number of carboxylic acids is 2. The van der Waals surface area contributed by atoms with Crippen molar-refractivity contribution in [1.29, 1.82) is 0 Å². The highest BCUT2D eigenvalue weighted by molar-refractivity contribution is 5.73. The highest BCUT2D eigenvalue weighted by Crippen LogP contribution is 2.25. The molecule has 3 heterocycles. The highest BCUT2D eigenvalue weighted by atomic mass is 19.4. The van der Waals surface area contributed by atoms with Gasteiger partial charge in [0, 0.05) is 24.8 Å². The van der Waals surface area contributed by atoms with Crippen molar-refractivity contribution in [3.63, 3.8) is 0 Å². The normalized spacial score (nSPS) is 16.0. The van der Waals surface area contributed by atoms with E-state index in [2.05, 4.69) is 51.8 Å². The summed E-state index contributed by atoms with van der Waals surface area (Å²) >= 11 is 0. The van der Waals surface area contributed by atoms with Crippen LogP contribution in [0.15, 0.2) is 12.3 Å². The second kappa shape index (κ2) is 13.2. The Hall–Kier alpha value is -3.21. The molecule has 0 aliphatic carbocycles. The molecular weight excluding hydrogens is 540 g/mol. The molecule has 222 valence electrons. The number of alkyl halides is 6. The quantitative estimate of drug-likeness (QED) is 0.458. The first-order valence-corrected chi connectivity index (χ1v) is 11.7. The summed E-state index contributed by atoms with van der Waals surface area (Å²) in [6, 6.07) is 3.04. The van der Waals surface area contributed by atoms with Crippen molar-refractivity contribution in [1.82, 2.24) is 29.7 Å². The molecule has 17 heteroatoms. The number of likely N-dealkylation sites (tertiary alicyclic amines) is 1. The minimum atomic E-state index is -5.08. The third-order valence-corrected chi connectivity index (χ3v) is 5.69. The maximum Gasteiger partial charge on any atom is 0.490 e. The third-order valence-electron chi connectivity index (χ3n) is 5.69. The number of nitrogens with zero attached hydrogens (tertiary/aromatic N) is 6. The lowest BCUT2D eigenvalue weighted by Crippen LogP contribution is -2.42. The predicted octanol–water partition coefficient (Wildman–Crippen LogP) is 3.28. The molecule has 2 aromatic rings. The standard InChI is InChI=1S/C18H31N7.2C2HF3O2/c1-13-10-14(2)24(21-13)11-15(3)23-8-6-16(7-9-23)25-12-17(20-22-25)18(4,5)19;2*3-2(4,5)1(6)7/h10,12,15-16H,6-9,11,19H2,1-5H3;2*(H,6,7). The molecular formula is C22H33F6N7O4. The van der Waals surface area contributed by atoms with Gasteiger partial charge in [-0.1, -0.05) is 5.21 Å². The molecule has 0 bridgehead atoms. The number of aromatic nitrogens is 5. The second-order valence-electron chi connectivity index (χ2n) is 9.64. The van der Waals surface area contributed by atoms with E-state index < -0.39 is 29.8 Å². The van der Waals surface area contributed by atoms with Gasteiger partial charge in [-0.15, -0.1) is 5.10 Å². The second-order valence-corrected chi connectivity index (χ2v) is 9.64. The minimum absolute atomic E-state index is 0.417. The molecule has 39 heavy (non-hydrogen) atoms. The Morgan fingerprint density at radius 1 is 1.05 bits per heavy atom. The van der Waals surface area contributed by atoms with Gasteiger partial charge in [0.2, 0.25) is 0 Å². The SMILES string of the molecule is Cc1cc(C)n(CC(C)N2CCC(n3cc(C(C)(C)N)nn3)CC2)n1.O=C(O)C(F)(F)F.O=C(O)C(F)(F)F. The minimum Gasteiger partial charge on any atom is -0.475 e. The van der Waals surface area contributed by atoms with Crippen LogP contribution in [0, 0.1) is 13.8 Å². The van der Waals surface area contributed by atoms with E-state index in [1.54, 1.807) is 0 Å². The van der Waals surface area contributed by atoms with E-state index in [4.69, 9.17) is 25.5 Å². The summed E-state index contributed by atoms with van der Waals surface area (Å²) < 4.78 is 67.6. The molecule has 1 saturated heterocycles. The van der Waals surface area contributed by atoms with Crippen LogP contribution < -0.4 is 5.73 Å². The first kappa shape index (κ1) is 33.8. The monoisotopic (exact) mass is 573 g/mol. The number of hydrogen-bond acceptors (Lipinski definition) is 7. The fraction of sp³-hybridized carbons (Fsp3) is 0.682. The van der Waals surface area contributed by atoms with Gasteiger partial charge in [0.1, 0.15) is 5.69 Å². The largest absolute Gasteiger partial charge is 0.490 e. The number of hydrogen-bond donors (Lipinski definition) is 3. The molecule has 4 N–H and O–H groups in total. The summed E-state index contributed by atoms with van der Waals surface area (Å²) in [7, 11) is 0. The van der Waals surface area contributed by atoms with Crippen LogP contribution in [0.3, 0.4) is 0 Å². The summed E-state index contributed by atoms with van der Waals surface area (Å²) in [5.41, 5.74) is 8.86. The van der Waals surface area contributed by atoms with Crippen LogP contribution in [0.25, 0.3) is 0 Å². The zero-order valence-corrected chi connectivity index (χ0v) is 22.1. The number of nitrogens with two attached hydrogens (primary N) is 1. The fourth-order valence-electron chi connectivity index (χ4n) is 3.57. The maximum absolute atomic E-state index is 10.6. The topological polar surface area (TPSA) is 152 Å². The van der Waals surface area contributed by atoms with Crippen molar-refractivity contribution in [2.45, 2.75) is 84.0 Å². The Balaban J connectivity index is 0.000000449. The Bertz CT molecular complexity index is 1060. The van der Waals surface area contributed by atoms with E-state index in [1.165, 1.54) is 5.69 Å². The number of aliphatic carboxylic acids is 2. The van der Waals surface area contributed by atoms with E-state index >= 15 is 0 Å². The van der Waals surface area contributed by atoms with Gasteiger partial charge in [0.25, 0.3) is 0 Å². The van der Waals surface area contributed by atoms with Crippen LogP contribution in [0.4, 0.5) is 26.3 Å². The lowest BCUT2D eigenvalue weighted by atomic mass is 10.0. The molecule has 1 unspecified atom stereocenters. The van der Waals surface area contributed by atoms with Crippen molar-refractivity contribution in [3.8, 4) is 0 Å². The molecule has 1 aliphatic rings. The van der Waals surface area contributed by atoms with Gasteiger partial charge in [-0.25, -0.2) is 14.3 Å². The Labute approximate surface area is 220 Å². The number of aryl methyl sites for hydroxylation is 2. The number of rotatable bonds is 5. The first-order valence-electron chi connectivity index (χ1n) is 11.7. The molecule has 0 aromatic carbocycles. The third kappa shape index (κ3) is 11.2. The number of carbonyl (C=O) groups is 2. The zero-order chi connectivity index (χ0) is 30.3. The van der Waals surface area contributed by atoms with Crippen molar-refractivity contribution in [2.24, 2.45) is 5.73 Å². The van der Waals surface area contributed by atoms with E-state index in [9.17, 15) is 26.3 Å². The van der Waals surface area contributed by atoms with Gasteiger partial charge >= 0.3 is 24.3 Å². The first-order chi connectivity index (χ1) is 17.6. The summed E-state index contributed by atoms with van der Waals surface area (Å²) in [5, 5.41) is 27.4. The number of piperidine rings is 1. The summed E-state index contributed by atoms with van der Waals surface area (Å²) in [5.74, 6) is -5.51. The summed E-state index contributed by atoms with van der Waals surface area (Å²) in [6.07, 6.45) is -5.97. The predicted molar refractivity (Wildman–Crippen MR) is 126 cm³/mol. The van der Waals surface area contributed by atoms with E-state index in [1.807, 2.05) is 24.7 Å². The molecule has 2 aromatic heterocycles. The molecule has 3 rings (SSSR count). The van der Waals surface area contributed by atoms with Crippen LogP contribution >= 0.6 is 0 Å². The van der Waals surface area contributed by atoms with Gasteiger partial charge in [0.05, 0.1) is 30.0 Å². The number of halogens is 6. The van der Waals surface area contributed by atoms with Crippen LogP contribution in [-0.4, -0.2) is 83.3 Å². The molecule has 1 aliphatic heterocycles. The van der Waals surface area contributed by atoms with Gasteiger partial charge in [-0.2, -0.15) is 31.4 Å². The van der Waals surface area contributed by atoms with Crippen molar-refractivity contribution >= 4 is 11.9 Å². The van der Waals surface area contributed by atoms with Crippen molar-refractivity contribution < 1.29 is 46.1 Å². The van der Waals surface area contributed by atoms with E-state index in [0.29, 0.717) is 12.1 Å². The average molecular weight is 574 g/mol. The van der Waals surface area contributed by atoms with Gasteiger partial charge in [-0.05, 0) is 53.5 Å². The average Bonchev–Trinajstić information content (AvgIpc) is 3.40. The zero-order valence-electron chi connectivity index (χ0n) is 22.1. The maximum atomic E-state index is 10.6. The van der Waals surface area contributed by atoms with Crippen molar-refractivity contribution in [3.05, 3.63) is 29.3 Å². The molecule has 0 radical (unpaired) electrons. The smallest absolute Gasteiger partial charge is 0.475 e. The number of carboxylic acid groups (broad SMARTS) is 2. The lowest BCUT2D eigenvalue weighted by molar-refractivity contribution is -0.193. The van der Waals surface area contributed by atoms with E-state index in [-0.39, 0.29) is 0 Å². The molecule has 1 fully saturated rings. The Morgan fingerprint density at radius 2 is 1.51 bits per heavy atom. The van der Waals surface area contributed by atoms with Crippen molar-refractivity contribution in [2.75, 3.05) is 13.1 Å². The van der Waals surface area contributed by atoms with Crippen LogP contribution in [0.1, 0.15) is 56.7 Å². The summed E-state index contributed by atoms with van der Waals surface area (Å²) in [6.45, 7) is 13.5.